The molecule has 2 aliphatic rings. The van der Waals surface area contributed by atoms with E-state index in [-0.39, 0.29) is 22.5 Å². The maximum Gasteiger partial charge on any atom is 0.234 e. The van der Waals surface area contributed by atoms with Crippen LogP contribution in [0.15, 0.2) is 48.9 Å². The molecule has 15 heteroatoms. The zero-order valence-corrected chi connectivity index (χ0v) is 28.7. The fraction of sp³-hybridized carbons (Fsp3) is 0.438. The highest BCUT2D eigenvalue weighted by Crippen LogP contribution is 2.38. The van der Waals surface area contributed by atoms with Crippen molar-refractivity contribution in [3.05, 3.63) is 53.9 Å². The van der Waals surface area contributed by atoms with Gasteiger partial charge in [-0.05, 0) is 51.1 Å². The summed E-state index contributed by atoms with van der Waals surface area (Å²) in [5.74, 6) is 1.15. The molecule has 2 saturated heterocycles. The van der Waals surface area contributed by atoms with E-state index >= 15 is 0 Å². The number of rotatable bonds is 10. The number of piperidine rings is 1. The molecule has 2 aromatic carbocycles. The third-order valence-electron chi connectivity index (χ3n) is 9.02. The minimum atomic E-state index is -3.62. The lowest BCUT2D eigenvalue weighted by Crippen LogP contribution is -2.52. The van der Waals surface area contributed by atoms with Crippen LogP contribution < -0.4 is 24.6 Å². The smallest absolute Gasteiger partial charge is 0.234 e. The second-order valence-corrected chi connectivity index (χ2v) is 14.5. The average Bonchev–Trinajstić information content (AvgIpc) is 3.10. The van der Waals surface area contributed by atoms with E-state index < -0.39 is 10.0 Å². The molecule has 4 heterocycles. The minimum absolute atomic E-state index is 0.0859. The zero-order chi connectivity index (χ0) is 33.1. The standard InChI is InChI=1S/C32H41ClN10O3S/c1-5-47(44,45)41(3)30-27(9-8-26-29(30)35-13-12-34-26)37-31-24(33)21-36-32(39-31)38-25-7-6-23(20-28(25)46-4)42-14-10-22(11-15-42)43-18-16-40(2)17-19-43/h6-9,12-13,20-22H,5,10-11,14-19H2,1-4H3,(H2,36,37,38,39). The molecule has 2 fully saturated rings. The Kier molecular flexibility index (Phi) is 9.82. The van der Waals surface area contributed by atoms with Crippen LogP contribution in [0, 0.1) is 0 Å². The van der Waals surface area contributed by atoms with E-state index in [2.05, 4.69) is 58.4 Å². The summed E-state index contributed by atoms with van der Waals surface area (Å²) in [4.78, 5) is 25.3. The fourth-order valence-electron chi connectivity index (χ4n) is 6.19. The first-order valence-electron chi connectivity index (χ1n) is 15.8. The highest BCUT2D eigenvalue weighted by atomic mass is 35.5. The first-order valence-corrected chi connectivity index (χ1v) is 17.8. The van der Waals surface area contributed by atoms with Gasteiger partial charge in [0.2, 0.25) is 16.0 Å². The number of hydrogen-bond acceptors (Lipinski definition) is 12. The van der Waals surface area contributed by atoms with Crippen LogP contribution >= 0.6 is 11.6 Å². The van der Waals surface area contributed by atoms with Crippen molar-refractivity contribution in [2.45, 2.75) is 25.8 Å². The topological polar surface area (TPSA) is 132 Å². The molecule has 0 atom stereocenters. The first kappa shape index (κ1) is 32.9. The Balaban J connectivity index is 1.20. The van der Waals surface area contributed by atoms with Gasteiger partial charge in [0.25, 0.3) is 0 Å². The Morgan fingerprint density at radius 1 is 0.979 bits per heavy atom. The van der Waals surface area contributed by atoms with Crippen LogP contribution in [0.4, 0.5) is 34.5 Å². The SMILES string of the molecule is CCS(=O)(=O)N(C)c1c(Nc2nc(Nc3ccc(N4CCC(N5CCN(C)CC5)CC4)cc3OC)ncc2Cl)ccc2nccnc12. The lowest BCUT2D eigenvalue weighted by atomic mass is 10.0. The van der Waals surface area contributed by atoms with Gasteiger partial charge in [-0.15, -0.1) is 0 Å². The number of benzene rings is 2. The average molecular weight is 681 g/mol. The molecule has 0 spiro atoms. The molecule has 0 bridgehead atoms. The van der Waals surface area contributed by atoms with Crippen molar-refractivity contribution >= 4 is 67.2 Å². The Labute approximate surface area is 281 Å². The van der Waals surface area contributed by atoms with Gasteiger partial charge in [-0.3, -0.25) is 19.2 Å². The molecule has 0 saturated carbocycles. The van der Waals surface area contributed by atoms with E-state index in [1.807, 2.05) is 12.1 Å². The molecular formula is C32H41ClN10O3S. The lowest BCUT2D eigenvalue weighted by Gasteiger charge is -2.42. The number of nitrogens with zero attached hydrogens (tertiary/aromatic N) is 8. The van der Waals surface area contributed by atoms with Gasteiger partial charge in [-0.25, -0.2) is 13.4 Å². The van der Waals surface area contributed by atoms with Gasteiger partial charge >= 0.3 is 0 Å². The summed E-state index contributed by atoms with van der Waals surface area (Å²) in [5, 5.41) is 6.72. The van der Waals surface area contributed by atoms with E-state index in [9.17, 15) is 8.42 Å². The van der Waals surface area contributed by atoms with Crippen molar-refractivity contribution in [3.63, 3.8) is 0 Å². The molecule has 0 unspecified atom stereocenters. The Morgan fingerprint density at radius 2 is 1.70 bits per heavy atom. The number of methoxy groups -OCH3 is 1. The number of piperazine rings is 1. The number of hydrogen-bond donors (Lipinski definition) is 2. The molecule has 13 nitrogen and oxygen atoms in total. The number of anilines is 6. The maximum absolute atomic E-state index is 12.9. The molecule has 0 radical (unpaired) electrons. The number of likely N-dealkylation sites (N-methyl/N-ethyl adjacent to an activating group) is 1. The summed E-state index contributed by atoms with van der Waals surface area (Å²) in [6.45, 7) is 8.17. The third kappa shape index (κ3) is 7.15. The minimum Gasteiger partial charge on any atom is -0.494 e. The van der Waals surface area contributed by atoms with Crippen molar-refractivity contribution < 1.29 is 13.2 Å². The van der Waals surface area contributed by atoms with Crippen LogP contribution in [-0.2, 0) is 10.0 Å². The van der Waals surface area contributed by atoms with Gasteiger partial charge in [0.15, 0.2) is 5.82 Å². The largest absolute Gasteiger partial charge is 0.494 e. The molecule has 6 rings (SSSR count). The van der Waals surface area contributed by atoms with Crippen molar-refractivity contribution in [1.82, 2.24) is 29.7 Å². The molecular weight excluding hydrogens is 640 g/mol. The van der Waals surface area contributed by atoms with Crippen LogP contribution in [0.2, 0.25) is 5.02 Å². The van der Waals surface area contributed by atoms with E-state index in [1.165, 1.54) is 23.7 Å². The molecule has 0 amide bonds. The summed E-state index contributed by atoms with van der Waals surface area (Å²) in [5.41, 5.74) is 3.58. The molecule has 2 N–H and O–H groups in total. The molecule has 250 valence electrons. The van der Waals surface area contributed by atoms with Crippen molar-refractivity contribution in [1.29, 1.82) is 0 Å². The third-order valence-corrected chi connectivity index (χ3v) is 11.0. The Morgan fingerprint density at radius 3 is 2.43 bits per heavy atom. The predicted molar refractivity (Wildman–Crippen MR) is 188 cm³/mol. The van der Waals surface area contributed by atoms with Crippen molar-refractivity contribution in [2.75, 3.05) is 86.1 Å². The Hall–Kier alpha value is -3.98. The highest BCUT2D eigenvalue weighted by molar-refractivity contribution is 7.92. The van der Waals surface area contributed by atoms with Crippen molar-refractivity contribution in [3.8, 4) is 5.75 Å². The molecule has 2 aromatic heterocycles. The van der Waals surface area contributed by atoms with Gasteiger partial charge < -0.3 is 25.2 Å². The van der Waals surface area contributed by atoms with Gasteiger partial charge in [-0.1, -0.05) is 11.6 Å². The van der Waals surface area contributed by atoms with Crippen LogP contribution in [0.5, 0.6) is 5.75 Å². The first-order chi connectivity index (χ1) is 22.7. The van der Waals surface area contributed by atoms with Gasteiger partial charge in [-0.2, -0.15) is 4.98 Å². The highest BCUT2D eigenvalue weighted by Gasteiger charge is 2.27. The zero-order valence-electron chi connectivity index (χ0n) is 27.1. The van der Waals surface area contributed by atoms with E-state index in [1.54, 1.807) is 32.4 Å². The van der Waals surface area contributed by atoms with Gasteiger partial charge in [0.1, 0.15) is 22.0 Å². The van der Waals surface area contributed by atoms with Crippen molar-refractivity contribution in [2.24, 2.45) is 0 Å². The number of fused-ring (bicyclic) bond motifs is 1. The van der Waals surface area contributed by atoms with Crippen LogP contribution in [-0.4, -0.2) is 110 Å². The number of aromatic nitrogens is 4. The Bertz CT molecular complexity index is 1830. The number of nitrogens with one attached hydrogen (secondary N) is 2. The predicted octanol–water partition coefficient (Wildman–Crippen LogP) is 4.57. The lowest BCUT2D eigenvalue weighted by molar-refractivity contribution is 0.0982. The van der Waals surface area contributed by atoms with Crippen LogP contribution in [0.25, 0.3) is 11.0 Å². The summed E-state index contributed by atoms with van der Waals surface area (Å²) in [6.07, 6.45) is 6.86. The number of halogens is 1. The summed E-state index contributed by atoms with van der Waals surface area (Å²) >= 11 is 6.54. The second-order valence-electron chi connectivity index (χ2n) is 11.8. The molecule has 47 heavy (non-hydrogen) atoms. The summed E-state index contributed by atoms with van der Waals surface area (Å²) in [6, 6.07) is 10.2. The monoisotopic (exact) mass is 680 g/mol. The van der Waals surface area contributed by atoms with Crippen LogP contribution in [0.1, 0.15) is 19.8 Å². The summed E-state index contributed by atoms with van der Waals surface area (Å²) < 4.78 is 32.8. The quantitative estimate of drug-likeness (QED) is 0.243. The maximum atomic E-state index is 12.9. The van der Waals surface area contributed by atoms with E-state index in [0.717, 1.165) is 57.8 Å². The molecule has 2 aliphatic heterocycles. The van der Waals surface area contributed by atoms with E-state index in [4.69, 9.17) is 16.3 Å². The molecule has 0 aliphatic carbocycles. The normalized spacial score (nSPS) is 16.7. The number of ether oxygens (including phenoxy) is 1. The second kappa shape index (κ2) is 14.0. The van der Waals surface area contributed by atoms with Gasteiger partial charge in [0, 0.05) is 76.5 Å². The van der Waals surface area contributed by atoms with E-state index in [0.29, 0.717) is 39.9 Å². The number of sulfonamides is 1. The molecule has 4 aromatic rings. The fourth-order valence-corrected chi connectivity index (χ4v) is 7.18. The van der Waals surface area contributed by atoms with Crippen LogP contribution in [0.3, 0.4) is 0 Å². The van der Waals surface area contributed by atoms with Gasteiger partial charge in [0.05, 0.1) is 36.0 Å². The summed E-state index contributed by atoms with van der Waals surface area (Å²) in [7, 11) is 1.71.